The molecule has 0 aliphatic rings. The van der Waals surface area contributed by atoms with Crippen molar-refractivity contribution < 1.29 is 18.7 Å². The number of nitriles is 1. The molecule has 0 atom stereocenters. The van der Waals surface area contributed by atoms with Gasteiger partial charge in [0.25, 0.3) is 6.43 Å². The molecule has 0 spiro atoms. The smallest absolute Gasteiger partial charge is 0.336 e. The summed E-state index contributed by atoms with van der Waals surface area (Å²) in [5.41, 5.74) is -1.14. The highest BCUT2D eigenvalue weighted by molar-refractivity contribution is 9.10. The van der Waals surface area contributed by atoms with Gasteiger partial charge in [-0.1, -0.05) is 0 Å². The molecule has 1 aromatic carbocycles. The molecule has 78 valence electrons. The zero-order valence-corrected chi connectivity index (χ0v) is 8.75. The van der Waals surface area contributed by atoms with Crippen molar-refractivity contribution in [3.63, 3.8) is 0 Å². The topological polar surface area (TPSA) is 61.1 Å². The Morgan fingerprint density at radius 1 is 1.53 bits per heavy atom. The molecule has 0 radical (unpaired) electrons. The lowest BCUT2D eigenvalue weighted by Crippen LogP contribution is -2.04. The minimum absolute atomic E-state index is 0.0109. The molecule has 0 fully saturated rings. The fourth-order valence-corrected chi connectivity index (χ4v) is 1.49. The van der Waals surface area contributed by atoms with Gasteiger partial charge < -0.3 is 5.11 Å². The Morgan fingerprint density at radius 3 is 2.53 bits per heavy atom. The number of hydrogen-bond donors (Lipinski definition) is 1. The van der Waals surface area contributed by atoms with E-state index in [1.165, 1.54) is 0 Å². The molecule has 1 aromatic rings. The summed E-state index contributed by atoms with van der Waals surface area (Å²) in [4.78, 5) is 10.6. The zero-order valence-electron chi connectivity index (χ0n) is 7.17. The van der Waals surface area contributed by atoms with Gasteiger partial charge in [0, 0.05) is 10.0 Å². The molecule has 0 amide bonds. The first-order valence-electron chi connectivity index (χ1n) is 3.72. The normalized spacial score (nSPS) is 10.1. The van der Waals surface area contributed by atoms with Gasteiger partial charge in [0.05, 0.1) is 11.1 Å². The number of rotatable bonds is 2. The van der Waals surface area contributed by atoms with Crippen molar-refractivity contribution in [2.24, 2.45) is 0 Å². The second-order valence-corrected chi connectivity index (χ2v) is 3.49. The maximum atomic E-state index is 12.4. The molecular formula is C9H4BrF2NO2. The van der Waals surface area contributed by atoms with Crippen molar-refractivity contribution in [3.05, 3.63) is 33.3 Å². The Bertz CT molecular complexity index is 454. The molecule has 0 unspecified atom stereocenters. The molecule has 1 N–H and O–H groups in total. The van der Waals surface area contributed by atoms with Gasteiger partial charge in [-0.2, -0.15) is 5.26 Å². The quantitative estimate of drug-likeness (QED) is 0.903. The summed E-state index contributed by atoms with van der Waals surface area (Å²) >= 11 is 2.91. The van der Waals surface area contributed by atoms with E-state index in [0.29, 0.717) is 0 Å². The number of aromatic carboxylic acids is 1. The monoisotopic (exact) mass is 275 g/mol. The molecule has 1 rings (SSSR count). The van der Waals surface area contributed by atoms with Crippen LogP contribution in [0.5, 0.6) is 0 Å². The molecule has 0 bridgehead atoms. The van der Waals surface area contributed by atoms with Crippen molar-refractivity contribution in [1.82, 2.24) is 0 Å². The first-order valence-corrected chi connectivity index (χ1v) is 4.51. The maximum absolute atomic E-state index is 12.4. The van der Waals surface area contributed by atoms with Crippen LogP contribution in [0.3, 0.4) is 0 Å². The first-order chi connectivity index (χ1) is 6.97. The summed E-state index contributed by atoms with van der Waals surface area (Å²) in [5, 5.41) is 17.3. The summed E-state index contributed by atoms with van der Waals surface area (Å²) in [6, 6.07) is 3.58. The van der Waals surface area contributed by atoms with Crippen LogP contribution in [0.25, 0.3) is 0 Å². The van der Waals surface area contributed by atoms with Gasteiger partial charge in [-0.3, -0.25) is 0 Å². The zero-order chi connectivity index (χ0) is 11.6. The molecule has 6 heteroatoms. The van der Waals surface area contributed by atoms with Crippen molar-refractivity contribution in [2.75, 3.05) is 0 Å². The molecule has 0 saturated heterocycles. The number of carboxylic acid groups (broad SMARTS) is 1. The van der Waals surface area contributed by atoms with Crippen LogP contribution in [0.15, 0.2) is 16.6 Å². The van der Waals surface area contributed by atoms with Crippen molar-refractivity contribution >= 4 is 21.9 Å². The van der Waals surface area contributed by atoms with E-state index < -0.39 is 23.5 Å². The third-order valence-corrected chi connectivity index (χ3v) is 2.38. The number of halogens is 3. The highest BCUT2D eigenvalue weighted by Gasteiger charge is 2.20. The van der Waals surface area contributed by atoms with Crippen molar-refractivity contribution in [3.8, 4) is 6.07 Å². The van der Waals surface area contributed by atoms with Crippen LogP contribution in [0.1, 0.15) is 27.9 Å². The highest BCUT2D eigenvalue weighted by Crippen LogP contribution is 2.28. The average Bonchev–Trinajstić information content (AvgIpc) is 2.16. The van der Waals surface area contributed by atoms with Crippen LogP contribution >= 0.6 is 15.9 Å². The second kappa shape index (κ2) is 4.36. The summed E-state index contributed by atoms with van der Waals surface area (Å²) in [6.07, 6.45) is -2.89. The first kappa shape index (κ1) is 11.6. The molecule has 3 nitrogen and oxygen atoms in total. The van der Waals surface area contributed by atoms with E-state index in [9.17, 15) is 13.6 Å². The van der Waals surface area contributed by atoms with Gasteiger partial charge in [-0.05, 0) is 28.1 Å². The summed E-state index contributed by atoms with van der Waals surface area (Å²) in [6.45, 7) is 0. The number of alkyl halides is 2. The van der Waals surface area contributed by atoms with E-state index in [4.69, 9.17) is 10.4 Å². The summed E-state index contributed by atoms with van der Waals surface area (Å²) in [5.74, 6) is -1.48. The van der Waals surface area contributed by atoms with Crippen molar-refractivity contribution in [1.29, 1.82) is 5.26 Å². The molecule has 0 saturated carbocycles. The second-order valence-electron chi connectivity index (χ2n) is 2.64. The summed E-state index contributed by atoms with van der Waals surface area (Å²) in [7, 11) is 0. The third kappa shape index (κ3) is 2.30. The minimum atomic E-state index is -2.89. The predicted molar refractivity (Wildman–Crippen MR) is 50.8 cm³/mol. The Labute approximate surface area is 92.1 Å². The summed E-state index contributed by atoms with van der Waals surface area (Å²) < 4.78 is 25.0. The molecular weight excluding hydrogens is 272 g/mol. The lowest BCUT2D eigenvalue weighted by molar-refractivity contribution is 0.0684. The number of benzene rings is 1. The number of carbonyl (C=O) groups is 1. The van der Waals surface area contributed by atoms with Gasteiger partial charge in [-0.15, -0.1) is 0 Å². The van der Waals surface area contributed by atoms with E-state index in [-0.39, 0.29) is 10.0 Å². The average molecular weight is 276 g/mol. The van der Waals surface area contributed by atoms with E-state index >= 15 is 0 Å². The van der Waals surface area contributed by atoms with Crippen molar-refractivity contribution in [2.45, 2.75) is 6.43 Å². The molecule has 15 heavy (non-hydrogen) atoms. The van der Waals surface area contributed by atoms with Crippen LogP contribution in [-0.2, 0) is 0 Å². The largest absolute Gasteiger partial charge is 0.478 e. The Kier molecular flexibility index (Phi) is 3.37. The van der Waals surface area contributed by atoms with Crippen LogP contribution in [0, 0.1) is 11.3 Å². The third-order valence-electron chi connectivity index (χ3n) is 1.73. The lowest BCUT2D eigenvalue weighted by atomic mass is 10.0. The molecule has 0 aromatic heterocycles. The number of hydrogen-bond acceptors (Lipinski definition) is 2. The number of nitrogens with zero attached hydrogens (tertiary/aromatic N) is 1. The maximum Gasteiger partial charge on any atom is 0.336 e. The molecule has 0 aliphatic carbocycles. The predicted octanol–water partition coefficient (Wildman–Crippen LogP) is 2.96. The minimum Gasteiger partial charge on any atom is -0.478 e. The fourth-order valence-electron chi connectivity index (χ4n) is 1.04. The van der Waals surface area contributed by atoms with Gasteiger partial charge >= 0.3 is 5.97 Å². The molecule has 0 aliphatic heterocycles. The van der Waals surface area contributed by atoms with E-state index in [0.717, 1.165) is 12.1 Å². The highest BCUT2D eigenvalue weighted by atomic mass is 79.9. The van der Waals surface area contributed by atoms with Crippen LogP contribution in [0.4, 0.5) is 8.78 Å². The Morgan fingerprint density at radius 2 is 2.13 bits per heavy atom. The van der Waals surface area contributed by atoms with E-state index in [1.54, 1.807) is 6.07 Å². The molecule has 0 heterocycles. The van der Waals surface area contributed by atoms with Crippen LogP contribution < -0.4 is 0 Å². The Hall–Kier alpha value is -1.48. The van der Waals surface area contributed by atoms with Gasteiger partial charge in [0.2, 0.25) is 0 Å². The number of carboxylic acids is 1. The fraction of sp³-hybridized carbons (Fsp3) is 0.111. The van der Waals surface area contributed by atoms with E-state index in [2.05, 4.69) is 15.9 Å². The van der Waals surface area contributed by atoms with Gasteiger partial charge in [-0.25, -0.2) is 13.6 Å². The van der Waals surface area contributed by atoms with Gasteiger partial charge in [0.1, 0.15) is 6.07 Å². The standard InChI is InChI=1S/C9H4BrF2NO2/c10-7-2-5(8(11)12)6(9(14)15)1-4(7)3-13/h1-2,8H,(H,14,15). The van der Waals surface area contributed by atoms with Gasteiger partial charge in [0.15, 0.2) is 0 Å². The SMILES string of the molecule is N#Cc1cc(C(=O)O)c(C(F)F)cc1Br. The lowest BCUT2D eigenvalue weighted by Gasteiger charge is -2.06. The van der Waals surface area contributed by atoms with E-state index in [1.807, 2.05) is 0 Å². The van der Waals surface area contributed by atoms with Crippen LogP contribution in [-0.4, -0.2) is 11.1 Å². The van der Waals surface area contributed by atoms with Crippen LogP contribution in [0.2, 0.25) is 0 Å². The Balaban J connectivity index is 3.47.